The quantitative estimate of drug-likeness (QED) is 0.762. The van der Waals surface area contributed by atoms with Crippen LogP contribution in [0.3, 0.4) is 0 Å². The summed E-state index contributed by atoms with van der Waals surface area (Å²) in [5.74, 6) is 0.751. The van der Waals surface area contributed by atoms with E-state index in [1.807, 2.05) is 42.5 Å². The SMILES string of the molecule is COc1ccc(-c2n[nH]c3ccccc3c2=O)cc1. The molecule has 4 heteroatoms. The topological polar surface area (TPSA) is 55.0 Å². The second kappa shape index (κ2) is 4.57. The Bertz CT molecular complexity index is 776. The molecule has 3 rings (SSSR count). The van der Waals surface area contributed by atoms with E-state index in [0.29, 0.717) is 11.1 Å². The minimum Gasteiger partial charge on any atom is -0.497 e. The lowest BCUT2D eigenvalue weighted by Crippen LogP contribution is -2.09. The molecule has 2 aromatic carbocycles. The van der Waals surface area contributed by atoms with Crippen LogP contribution in [0.2, 0.25) is 0 Å². The van der Waals surface area contributed by atoms with E-state index in [1.165, 1.54) is 0 Å². The van der Waals surface area contributed by atoms with Crippen LogP contribution in [0.4, 0.5) is 0 Å². The van der Waals surface area contributed by atoms with Gasteiger partial charge in [0.25, 0.3) is 0 Å². The molecule has 0 saturated carbocycles. The Morgan fingerprint density at radius 1 is 1.05 bits per heavy atom. The van der Waals surface area contributed by atoms with Crippen LogP contribution >= 0.6 is 0 Å². The smallest absolute Gasteiger partial charge is 0.215 e. The first kappa shape index (κ1) is 11.5. The number of methoxy groups -OCH3 is 1. The average molecular weight is 252 g/mol. The van der Waals surface area contributed by atoms with E-state index in [-0.39, 0.29) is 5.43 Å². The summed E-state index contributed by atoms with van der Waals surface area (Å²) in [6, 6.07) is 14.6. The van der Waals surface area contributed by atoms with Gasteiger partial charge in [0.1, 0.15) is 11.4 Å². The van der Waals surface area contributed by atoms with Crippen LogP contribution in [0.15, 0.2) is 53.3 Å². The molecule has 3 aromatic rings. The molecule has 0 fully saturated rings. The summed E-state index contributed by atoms with van der Waals surface area (Å²) >= 11 is 0. The highest BCUT2D eigenvalue weighted by atomic mass is 16.5. The number of hydrogen-bond acceptors (Lipinski definition) is 3. The van der Waals surface area contributed by atoms with Crippen LogP contribution in [0.25, 0.3) is 22.2 Å². The Balaban J connectivity index is 2.19. The minimum atomic E-state index is -0.0699. The number of aromatic amines is 1. The van der Waals surface area contributed by atoms with Gasteiger partial charge in [0.05, 0.1) is 12.6 Å². The zero-order chi connectivity index (χ0) is 13.2. The Labute approximate surface area is 109 Å². The number of fused-ring (bicyclic) bond motifs is 1. The van der Waals surface area contributed by atoms with Crippen molar-refractivity contribution < 1.29 is 4.74 Å². The number of nitrogens with one attached hydrogen (secondary N) is 1. The predicted molar refractivity (Wildman–Crippen MR) is 74.4 cm³/mol. The number of aromatic nitrogens is 2. The summed E-state index contributed by atoms with van der Waals surface area (Å²) in [6.45, 7) is 0. The summed E-state index contributed by atoms with van der Waals surface area (Å²) in [6.07, 6.45) is 0. The lowest BCUT2D eigenvalue weighted by atomic mass is 10.1. The number of nitrogens with zero attached hydrogens (tertiary/aromatic N) is 1. The van der Waals surface area contributed by atoms with Gasteiger partial charge in [-0.05, 0) is 36.4 Å². The lowest BCUT2D eigenvalue weighted by Gasteiger charge is -2.03. The number of benzene rings is 2. The summed E-state index contributed by atoms with van der Waals surface area (Å²) in [4.78, 5) is 12.4. The standard InChI is InChI=1S/C15H12N2O2/c1-19-11-8-6-10(7-9-11)14-15(18)12-4-2-3-5-13(12)16-17-14/h2-9H,1H3,(H,16,18). The molecule has 0 aliphatic rings. The largest absolute Gasteiger partial charge is 0.497 e. The molecule has 94 valence electrons. The molecule has 1 heterocycles. The van der Waals surface area contributed by atoms with Gasteiger partial charge in [0.2, 0.25) is 5.43 Å². The van der Waals surface area contributed by atoms with E-state index in [4.69, 9.17) is 4.74 Å². The second-order valence-electron chi connectivity index (χ2n) is 4.18. The number of rotatable bonds is 2. The van der Waals surface area contributed by atoms with Crippen molar-refractivity contribution >= 4 is 10.9 Å². The van der Waals surface area contributed by atoms with Crippen molar-refractivity contribution in [1.29, 1.82) is 0 Å². The fraction of sp³-hybridized carbons (Fsp3) is 0.0667. The summed E-state index contributed by atoms with van der Waals surface area (Å²) in [7, 11) is 1.61. The normalized spacial score (nSPS) is 10.6. The molecule has 0 amide bonds. The molecule has 0 aliphatic carbocycles. The monoisotopic (exact) mass is 252 g/mol. The van der Waals surface area contributed by atoms with Crippen molar-refractivity contribution in [3.8, 4) is 17.0 Å². The van der Waals surface area contributed by atoms with Gasteiger partial charge in [-0.3, -0.25) is 9.89 Å². The third-order valence-electron chi connectivity index (χ3n) is 3.04. The Hall–Kier alpha value is -2.62. The highest BCUT2D eigenvalue weighted by Gasteiger charge is 2.08. The zero-order valence-corrected chi connectivity index (χ0v) is 10.4. The molecule has 0 unspecified atom stereocenters. The maximum absolute atomic E-state index is 12.4. The maximum atomic E-state index is 12.4. The molecular weight excluding hydrogens is 240 g/mol. The summed E-state index contributed by atoms with van der Waals surface area (Å²) in [5, 5.41) is 7.70. The van der Waals surface area contributed by atoms with Crippen LogP contribution < -0.4 is 10.2 Å². The highest BCUT2D eigenvalue weighted by molar-refractivity contribution is 5.81. The maximum Gasteiger partial charge on any atom is 0.215 e. The Kier molecular flexibility index (Phi) is 2.76. The number of H-pyrrole nitrogens is 1. The molecule has 0 radical (unpaired) electrons. The molecule has 0 saturated heterocycles. The third kappa shape index (κ3) is 1.97. The van der Waals surface area contributed by atoms with Crippen LogP contribution in [-0.4, -0.2) is 17.3 Å². The number of hydrogen-bond donors (Lipinski definition) is 1. The van der Waals surface area contributed by atoms with Crippen LogP contribution in [-0.2, 0) is 0 Å². The van der Waals surface area contributed by atoms with E-state index < -0.39 is 0 Å². The van der Waals surface area contributed by atoms with Crippen LogP contribution in [0.1, 0.15) is 0 Å². The molecule has 0 bridgehead atoms. The van der Waals surface area contributed by atoms with Gasteiger partial charge in [-0.15, -0.1) is 0 Å². The zero-order valence-electron chi connectivity index (χ0n) is 10.4. The van der Waals surface area contributed by atoms with Gasteiger partial charge in [0, 0.05) is 10.9 Å². The highest BCUT2D eigenvalue weighted by Crippen LogP contribution is 2.19. The van der Waals surface area contributed by atoms with Gasteiger partial charge >= 0.3 is 0 Å². The summed E-state index contributed by atoms with van der Waals surface area (Å²) < 4.78 is 5.10. The minimum absolute atomic E-state index is 0.0699. The van der Waals surface area contributed by atoms with Crippen molar-refractivity contribution in [3.05, 3.63) is 58.8 Å². The van der Waals surface area contributed by atoms with Gasteiger partial charge in [-0.1, -0.05) is 12.1 Å². The molecular formula is C15H12N2O2. The lowest BCUT2D eigenvalue weighted by molar-refractivity contribution is 0.415. The Morgan fingerprint density at radius 2 is 1.79 bits per heavy atom. The van der Waals surface area contributed by atoms with Gasteiger partial charge in [-0.2, -0.15) is 5.10 Å². The van der Waals surface area contributed by atoms with E-state index in [0.717, 1.165) is 16.8 Å². The van der Waals surface area contributed by atoms with E-state index in [1.54, 1.807) is 13.2 Å². The first-order chi connectivity index (χ1) is 9.29. The van der Waals surface area contributed by atoms with Gasteiger partial charge < -0.3 is 4.74 Å². The molecule has 0 atom stereocenters. The van der Waals surface area contributed by atoms with Crippen molar-refractivity contribution in [2.45, 2.75) is 0 Å². The second-order valence-corrected chi connectivity index (χ2v) is 4.18. The molecule has 0 aliphatic heterocycles. The van der Waals surface area contributed by atoms with Gasteiger partial charge in [-0.25, -0.2) is 0 Å². The molecule has 19 heavy (non-hydrogen) atoms. The third-order valence-corrected chi connectivity index (χ3v) is 3.04. The van der Waals surface area contributed by atoms with Gasteiger partial charge in [0.15, 0.2) is 0 Å². The van der Waals surface area contributed by atoms with Crippen LogP contribution in [0.5, 0.6) is 5.75 Å². The summed E-state index contributed by atoms with van der Waals surface area (Å²) in [5.41, 5.74) is 1.86. The molecule has 0 spiro atoms. The van der Waals surface area contributed by atoms with Crippen molar-refractivity contribution in [1.82, 2.24) is 10.2 Å². The average Bonchev–Trinajstić information content (AvgIpc) is 2.48. The first-order valence-corrected chi connectivity index (χ1v) is 5.91. The molecule has 1 aromatic heterocycles. The fourth-order valence-electron chi connectivity index (χ4n) is 2.02. The van der Waals surface area contributed by atoms with E-state index in [9.17, 15) is 4.79 Å². The Morgan fingerprint density at radius 3 is 2.53 bits per heavy atom. The molecule has 1 N–H and O–H groups in total. The fourth-order valence-corrected chi connectivity index (χ4v) is 2.02. The van der Waals surface area contributed by atoms with E-state index >= 15 is 0 Å². The van der Waals surface area contributed by atoms with Crippen molar-refractivity contribution in [3.63, 3.8) is 0 Å². The number of para-hydroxylation sites is 1. The van der Waals surface area contributed by atoms with Crippen LogP contribution in [0, 0.1) is 0 Å². The predicted octanol–water partition coefficient (Wildman–Crippen LogP) is 2.60. The van der Waals surface area contributed by atoms with E-state index in [2.05, 4.69) is 10.2 Å². The molecule has 4 nitrogen and oxygen atoms in total. The first-order valence-electron chi connectivity index (χ1n) is 5.91. The number of ether oxygens (including phenoxy) is 1. The van der Waals surface area contributed by atoms with Crippen molar-refractivity contribution in [2.24, 2.45) is 0 Å². The van der Waals surface area contributed by atoms with Crippen molar-refractivity contribution in [2.75, 3.05) is 7.11 Å².